The molecule has 1 aliphatic heterocycles. The van der Waals surface area contributed by atoms with Gasteiger partial charge in [-0.05, 0) is 0 Å². The van der Waals surface area contributed by atoms with Crippen LogP contribution in [0.15, 0.2) is 0 Å². The molecule has 0 saturated carbocycles. The van der Waals surface area contributed by atoms with Crippen LogP contribution in [0.25, 0.3) is 0 Å². The van der Waals surface area contributed by atoms with Crippen molar-refractivity contribution in [1.82, 2.24) is 9.62 Å². The smallest absolute Gasteiger partial charge is 0.276 e. The molecule has 0 bridgehead atoms. The van der Waals surface area contributed by atoms with Crippen LogP contribution in [-0.4, -0.2) is 22.8 Å². The van der Waals surface area contributed by atoms with Crippen molar-refractivity contribution in [2.45, 2.75) is 0 Å². The second-order valence-electron chi connectivity index (χ2n) is 1.70. The molecule has 1 heterocycles. The Morgan fingerprint density at radius 1 is 1.45 bits per heavy atom. The van der Waals surface area contributed by atoms with Gasteiger partial charge in [0.25, 0.3) is 0 Å². The monoisotopic (exact) mass is 194 g/mol. The summed E-state index contributed by atoms with van der Waals surface area (Å²) in [5, 5.41) is 1.93. The van der Waals surface area contributed by atoms with E-state index in [0.717, 1.165) is 4.31 Å². The Bertz CT molecular complexity index is 267. The van der Waals surface area contributed by atoms with Gasteiger partial charge in [-0.3, -0.25) is 10.1 Å². The number of carbonyl (C=O) groups is 2. The Kier molecular flexibility index (Phi) is 2.31. The van der Waals surface area contributed by atoms with Crippen LogP contribution in [0.2, 0.25) is 0 Å². The fraction of sp³-hybridized carbons (Fsp3) is 0.333. The van der Waals surface area contributed by atoms with Crippen molar-refractivity contribution in [3.63, 3.8) is 0 Å². The minimum Gasteiger partial charge on any atom is -0.276 e. The summed E-state index contributed by atoms with van der Waals surface area (Å²) < 4.78 is 21.0. The molecule has 0 aliphatic carbocycles. The summed E-state index contributed by atoms with van der Waals surface area (Å²) in [6, 6.07) is -0.681. The number of nitrogens with zero attached hydrogens (tertiary/aromatic N) is 1. The van der Waals surface area contributed by atoms with E-state index in [4.69, 9.17) is 0 Å². The van der Waals surface area contributed by atoms with Crippen molar-refractivity contribution < 1.29 is 18.7 Å². The number of amides is 3. The van der Waals surface area contributed by atoms with Crippen molar-refractivity contribution in [2.75, 3.05) is 6.54 Å². The van der Waals surface area contributed by atoms with E-state index in [1.54, 1.807) is 0 Å². The highest BCUT2D eigenvalue weighted by Gasteiger charge is 2.28. The largest absolute Gasteiger partial charge is 0.399 e. The van der Waals surface area contributed by atoms with Gasteiger partial charge in [-0.15, -0.1) is 0 Å². The molecule has 0 spiro atoms. The lowest BCUT2D eigenvalue weighted by atomic mass is 10.7. The summed E-state index contributed by atoms with van der Waals surface area (Å²) in [5.74, 6) is -0.487. The number of hydrogen-bond acceptors (Lipinski definition) is 5. The van der Waals surface area contributed by atoms with Gasteiger partial charge in [0.1, 0.15) is 6.54 Å². The molecule has 8 heteroatoms. The van der Waals surface area contributed by atoms with Crippen molar-refractivity contribution >= 4 is 30.4 Å². The molecule has 1 N–H and O–H groups in total. The topological polar surface area (TPSA) is 83.6 Å². The predicted octanol–water partition coefficient (Wildman–Crippen LogP) is 0.274. The Morgan fingerprint density at radius 2 is 2.09 bits per heavy atom. The third-order valence-corrected chi connectivity index (χ3v) is 2.54. The van der Waals surface area contributed by atoms with E-state index in [9.17, 15) is 18.7 Å². The summed E-state index contributed by atoms with van der Waals surface area (Å²) >= 11 is 0.328. The highest BCUT2D eigenvalue weighted by atomic mass is 32.7. The molecule has 1 aliphatic rings. The Labute approximate surface area is 66.0 Å². The van der Waals surface area contributed by atoms with E-state index >= 15 is 0 Å². The maximum atomic E-state index is 10.6. The zero-order valence-corrected chi connectivity index (χ0v) is 6.85. The number of urea groups is 1. The molecule has 1 rings (SSSR count). The van der Waals surface area contributed by atoms with E-state index in [2.05, 4.69) is 0 Å². The average Bonchev–Trinajstić information content (AvgIpc) is 2.09. The lowest BCUT2D eigenvalue weighted by Gasteiger charge is -2.02. The van der Waals surface area contributed by atoms with Crippen LogP contribution in [0.4, 0.5) is 4.79 Å². The zero-order chi connectivity index (χ0) is 8.43. The van der Waals surface area contributed by atoms with Gasteiger partial charge in [0.2, 0.25) is 5.91 Å². The minimum atomic E-state index is -2.73. The van der Waals surface area contributed by atoms with Gasteiger partial charge in [0, 0.05) is 0 Å². The summed E-state index contributed by atoms with van der Waals surface area (Å²) in [4.78, 5) is 21.1. The van der Waals surface area contributed by atoms with Crippen molar-refractivity contribution in [3.8, 4) is 0 Å². The zero-order valence-electron chi connectivity index (χ0n) is 5.14. The number of rotatable bonds is 2. The standard InChI is InChI=1S/C3H3N2O4PS/c6-2-1-5(3(7)4-2)11-10(8)9/h1H2,(H,4,6,7). The Balaban J connectivity index is 2.60. The number of imide groups is 1. The SMILES string of the molecule is O=C1CN(SP(=O)=O)C(=O)N1. The molecule has 1 saturated heterocycles. The van der Waals surface area contributed by atoms with Crippen LogP contribution in [-0.2, 0) is 13.9 Å². The van der Waals surface area contributed by atoms with Gasteiger partial charge >= 0.3 is 12.9 Å². The molecule has 0 radical (unpaired) electrons. The van der Waals surface area contributed by atoms with E-state index in [0.29, 0.717) is 11.6 Å². The summed E-state index contributed by atoms with van der Waals surface area (Å²) in [7, 11) is 0. The third kappa shape index (κ3) is 2.06. The van der Waals surface area contributed by atoms with Crippen LogP contribution in [0.5, 0.6) is 0 Å². The van der Waals surface area contributed by atoms with Crippen LogP contribution >= 0.6 is 18.5 Å². The highest BCUT2D eigenvalue weighted by Crippen LogP contribution is 2.30. The number of carbonyl (C=O) groups excluding carboxylic acids is 2. The van der Waals surface area contributed by atoms with Gasteiger partial charge < -0.3 is 0 Å². The van der Waals surface area contributed by atoms with Gasteiger partial charge in [-0.25, -0.2) is 18.2 Å². The van der Waals surface area contributed by atoms with E-state index in [1.807, 2.05) is 5.32 Å². The van der Waals surface area contributed by atoms with Crippen LogP contribution in [0, 0.1) is 0 Å². The summed E-state index contributed by atoms with van der Waals surface area (Å²) in [6.07, 6.45) is 0. The predicted molar refractivity (Wildman–Crippen MR) is 36.1 cm³/mol. The van der Waals surface area contributed by atoms with Crippen molar-refractivity contribution in [1.29, 1.82) is 0 Å². The quantitative estimate of drug-likeness (QED) is 0.387. The number of nitrogens with one attached hydrogen (secondary N) is 1. The summed E-state index contributed by atoms with van der Waals surface area (Å²) in [6.45, 7) is -2.93. The van der Waals surface area contributed by atoms with Gasteiger partial charge in [-0.2, -0.15) is 0 Å². The second kappa shape index (κ2) is 3.06. The number of hydrogen-bond donors (Lipinski definition) is 1. The van der Waals surface area contributed by atoms with E-state index < -0.39 is 18.8 Å². The van der Waals surface area contributed by atoms with Gasteiger partial charge in [-0.1, -0.05) is 0 Å². The Morgan fingerprint density at radius 3 is 2.45 bits per heavy atom. The molecule has 0 unspecified atom stereocenters. The molecule has 6 nitrogen and oxygen atoms in total. The van der Waals surface area contributed by atoms with E-state index in [-0.39, 0.29) is 6.54 Å². The van der Waals surface area contributed by atoms with Crippen molar-refractivity contribution in [2.24, 2.45) is 0 Å². The third-order valence-electron chi connectivity index (χ3n) is 0.925. The maximum Gasteiger partial charge on any atom is 0.399 e. The molecule has 1 fully saturated rings. The Hall–Kier alpha value is -0.810. The first-order valence-electron chi connectivity index (χ1n) is 2.53. The maximum absolute atomic E-state index is 10.6. The minimum absolute atomic E-state index is 0.202. The molecule has 3 amide bonds. The van der Waals surface area contributed by atoms with E-state index in [1.165, 1.54) is 0 Å². The van der Waals surface area contributed by atoms with Gasteiger partial charge in [0.05, 0.1) is 11.6 Å². The lowest BCUT2D eigenvalue weighted by Crippen LogP contribution is -2.22. The first kappa shape index (κ1) is 8.29. The lowest BCUT2D eigenvalue weighted by molar-refractivity contribution is -0.118. The van der Waals surface area contributed by atoms with Crippen LogP contribution in [0.1, 0.15) is 0 Å². The normalized spacial score (nSPS) is 16.9. The first-order chi connectivity index (χ1) is 5.09. The first-order valence-corrected chi connectivity index (χ1v) is 5.09. The molecule has 11 heavy (non-hydrogen) atoms. The average molecular weight is 194 g/mol. The molecular weight excluding hydrogens is 191 g/mol. The molecule has 0 aromatic heterocycles. The van der Waals surface area contributed by atoms with Gasteiger partial charge in [0.15, 0.2) is 0 Å². The van der Waals surface area contributed by atoms with Crippen LogP contribution < -0.4 is 5.32 Å². The fourth-order valence-corrected chi connectivity index (χ4v) is 1.90. The van der Waals surface area contributed by atoms with Crippen molar-refractivity contribution in [3.05, 3.63) is 0 Å². The highest BCUT2D eigenvalue weighted by molar-refractivity contribution is 8.46. The van der Waals surface area contributed by atoms with Crippen LogP contribution in [0.3, 0.4) is 0 Å². The fourth-order valence-electron chi connectivity index (χ4n) is 0.570. The molecular formula is C3H3N2O4PS. The molecule has 0 atom stereocenters. The second-order valence-corrected chi connectivity index (χ2v) is 4.13. The molecule has 0 aromatic carbocycles. The molecule has 0 aromatic rings. The summed E-state index contributed by atoms with van der Waals surface area (Å²) in [5.41, 5.74) is 0. The molecule has 60 valence electrons.